The Morgan fingerprint density at radius 2 is 1.94 bits per heavy atom. The van der Waals surface area contributed by atoms with Gasteiger partial charge in [-0.3, -0.25) is 0 Å². The lowest BCUT2D eigenvalue weighted by atomic mass is 10.0. The smallest absolute Gasteiger partial charge is 0.433 e. The first-order chi connectivity index (χ1) is 15.8. The molecule has 2 aromatic heterocycles. The van der Waals surface area contributed by atoms with Gasteiger partial charge in [0.25, 0.3) is 0 Å². The van der Waals surface area contributed by atoms with Crippen LogP contribution in [0.1, 0.15) is 37.6 Å². The van der Waals surface area contributed by atoms with Crippen LogP contribution in [0.2, 0.25) is 0 Å². The molecule has 1 aromatic carbocycles. The third-order valence-corrected chi connectivity index (χ3v) is 5.72. The number of piperidine rings is 1. The van der Waals surface area contributed by atoms with Crippen molar-refractivity contribution in [1.29, 1.82) is 0 Å². The number of halogens is 3. The number of anilines is 2. The van der Waals surface area contributed by atoms with Gasteiger partial charge >= 0.3 is 6.18 Å². The van der Waals surface area contributed by atoms with Gasteiger partial charge in [-0.15, -0.1) is 0 Å². The molecular weight excluding hydrogens is 451 g/mol. The molecule has 1 fully saturated rings. The molecule has 1 aliphatic rings. The van der Waals surface area contributed by atoms with Gasteiger partial charge in [-0.05, 0) is 50.5 Å². The molecule has 0 radical (unpaired) electrons. The Bertz CT molecular complexity index is 1100. The zero-order chi connectivity index (χ0) is 23.4. The maximum Gasteiger partial charge on any atom is 0.433 e. The van der Waals surface area contributed by atoms with Crippen LogP contribution in [-0.2, 0) is 12.7 Å². The van der Waals surface area contributed by atoms with E-state index in [0.29, 0.717) is 18.1 Å². The third kappa shape index (κ3) is 5.81. The Hall–Kier alpha value is -3.14. The molecule has 3 aromatic rings. The summed E-state index contributed by atoms with van der Waals surface area (Å²) in [6.07, 6.45) is -1.73. The predicted molar refractivity (Wildman–Crippen MR) is 125 cm³/mol. The van der Waals surface area contributed by atoms with Crippen molar-refractivity contribution in [1.82, 2.24) is 15.3 Å². The van der Waals surface area contributed by atoms with Crippen molar-refractivity contribution < 1.29 is 17.6 Å². The molecule has 1 aliphatic heterocycles. The molecule has 0 bridgehead atoms. The molecule has 0 amide bonds. The summed E-state index contributed by atoms with van der Waals surface area (Å²) in [6.45, 7) is 2.90. The van der Waals surface area contributed by atoms with E-state index in [0.717, 1.165) is 30.9 Å². The second kappa shape index (κ2) is 9.78. The SMILES string of the molecule is C[C@@H]1CCCCN1c1cc(C(F)(F)F)nc(NC(=S)NCc2ccc(-c3ccccc3)o2)n1. The number of furan rings is 1. The van der Waals surface area contributed by atoms with Crippen molar-refractivity contribution in [2.75, 3.05) is 16.8 Å². The number of rotatable bonds is 5. The van der Waals surface area contributed by atoms with Gasteiger partial charge in [-0.2, -0.15) is 18.2 Å². The van der Waals surface area contributed by atoms with Gasteiger partial charge < -0.3 is 20.0 Å². The maximum absolute atomic E-state index is 13.5. The summed E-state index contributed by atoms with van der Waals surface area (Å²) in [6, 6.07) is 14.4. The van der Waals surface area contributed by atoms with Gasteiger partial charge in [0.2, 0.25) is 5.95 Å². The Labute approximate surface area is 195 Å². The summed E-state index contributed by atoms with van der Waals surface area (Å²) in [5.41, 5.74) is -0.0598. The Balaban J connectivity index is 1.45. The van der Waals surface area contributed by atoms with Gasteiger partial charge in [0, 0.05) is 24.2 Å². The van der Waals surface area contributed by atoms with Crippen LogP contribution in [0.4, 0.5) is 24.9 Å². The number of aromatic nitrogens is 2. The van der Waals surface area contributed by atoms with Crippen molar-refractivity contribution in [2.24, 2.45) is 0 Å². The standard InChI is InChI=1S/C23H24F3N5OS/c1-15-7-5-6-12-31(15)20-13-19(23(24,25)26)28-21(29-20)30-22(33)27-14-17-10-11-18(32-17)16-8-3-2-4-9-16/h2-4,8-11,13,15H,5-7,12,14H2,1H3,(H2,27,28,29,30,33)/t15-/m1/s1. The Kier molecular flexibility index (Phi) is 6.83. The van der Waals surface area contributed by atoms with E-state index in [1.165, 1.54) is 0 Å². The Morgan fingerprint density at radius 1 is 1.15 bits per heavy atom. The molecule has 33 heavy (non-hydrogen) atoms. The van der Waals surface area contributed by atoms with E-state index in [1.807, 2.05) is 54.3 Å². The van der Waals surface area contributed by atoms with E-state index < -0.39 is 11.9 Å². The highest BCUT2D eigenvalue weighted by Gasteiger charge is 2.35. The highest BCUT2D eigenvalue weighted by atomic mass is 32.1. The van der Waals surface area contributed by atoms with Gasteiger partial charge in [0.15, 0.2) is 10.8 Å². The van der Waals surface area contributed by atoms with E-state index in [1.54, 1.807) is 0 Å². The minimum atomic E-state index is -4.59. The lowest BCUT2D eigenvalue weighted by Crippen LogP contribution is -2.38. The zero-order valence-corrected chi connectivity index (χ0v) is 18.8. The molecule has 2 N–H and O–H groups in total. The van der Waals surface area contributed by atoms with E-state index in [4.69, 9.17) is 16.6 Å². The molecule has 174 valence electrons. The quantitative estimate of drug-likeness (QED) is 0.464. The van der Waals surface area contributed by atoms with Crippen LogP contribution in [-0.4, -0.2) is 27.7 Å². The highest BCUT2D eigenvalue weighted by Crippen LogP contribution is 2.32. The maximum atomic E-state index is 13.5. The van der Waals surface area contributed by atoms with E-state index in [-0.39, 0.29) is 29.5 Å². The third-order valence-electron chi connectivity index (χ3n) is 5.47. The van der Waals surface area contributed by atoms with Crippen LogP contribution in [0, 0.1) is 0 Å². The fraction of sp³-hybridized carbons (Fsp3) is 0.348. The fourth-order valence-corrected chi connectivity index (χ4v) is 3.93. The topological polar surface area (TPSA) is 66.2 Å². The van der Waals surface area contributed by atoms with Crippen molar-refractivity contribution >= 4 is 29.1 Å². The van der Waals surface area contributed by atoms with E-state index >= 15 is 0 Å². The van der Waals surface area contributed by atoms with Crippen LogP contribution in [0.3, 0.4) is 0 Å². The molecule has 0 aliphatic carbocycles. The molecule has 0 saturated carbocycles. The summed E-state index contributed by atoms with van der Waals surface area (Å²) in [5, 5.41) is 5.72. The van der Waals surface area contributed by atoms with Gasteiger partial charge in [0.1, 0.15) is 17.3 Å². The first-order valence-electron chi connectivity index (χ1n) is 10.7. The number of nitrogens with zero attached hydrogens (tertiary/aromatic N) is 3. The summed E-state index contributed by atoms with van der Waals surface area (Å²) in [4.78, 5) is 9.84. The van der Waals surface area contributed by atoms with Gasteiger partial charge in [0.05, 0.1) is 6.54 Å². The summed E-state index contributed by atoms with van der Waals surface area (Å²) in [7, 11) is 0. The average molecular weight is 476 g/mol. The molecule has 1 atom stereocenters. The van der Waals surface area contributed by atoms with Crippen LogP contribution in [0.15, 0.2) is 52.9 Å². The number of hydrogen-bond acceptors (Lipinski definition) is 5. The second-order valence-corrected chi connectivity index (χ2v) is 8.32. The van der Waals surface area contributed by atoms with Crippen molar-refractivity contribution in [2.45, 2.75) is 44.9 Å². The van der Waals surface area contributed by atoms with Crippen LogP contribution in [0.5, 0.6) is 0 Å². The molecule has 3 heterocycles. The number of hydrogen-bond donors (Lipinski definition) is 2. The number of benzene rings is 1. The molecular formula is C23H24F3N5OS. The summed E-state index contributed by atoms with van der Waals surface area (Å²) in [5.74, 6) is 1.39. The number of nitrogens with one attached hydrogen (secondary N) is 2. The van der Waals surface area contributed by atoms with Crippen molar-refractivity contribution in [3.05, 3.63) is 60.0 Å². The minimum Gasteiger partial charge on any atom is -0.459 e. The summed E-state index contributed by atoms with van der Waals surface area (Å²) < 4.78 is 46.2. The normalized spacial score (nSPS) is 16.5. The molecule has 10 heteroatoms. The Morgan fingerprint density at radius 3 is 2.67 bits per heavy atom. The number of thiocarbonyl (C=S) groups is 1. The van der Waals surface area contributed by atoms with Gasteiger partial charge in [-0.25, -0.2) is 4.98 Å². The molecule has 0 spiro atoms. The molecule has 6 nitrogen and oxygen atoms in total. The van der Waals surface area contributed by atoms with Crippen molar-refractivity contribution in [3.8, 4) is 11.3 Å². The molecule has 4 rings (SSSR count). The van der Waals surface area contributed by atoms with Crippen molar-refractivity contribution in [3.63, 3.8) is 0 Å². The minimum absolute atomic E-state index is 0.102. The fourth-order valence-electron chi connectivity index (χ4n) is 3.76. The summed E-state index contributed by atoms with van der Waals surface area (Å²) >= 11 is 5.26. The highest BCUT2D eigenvalue weighted by molar-refractivity contribution is 7.80. The van der Waals surface area contributed by atoms with E-state index in [9.17, 15) is 13.2 Å². The van der Waals surface area contributed by atoms with E-state index in [2.05, 4.69) is 20.6 Å². The monoisotopic (exact) mass is 475 g/mol. The van der Waals surface area contributed by atoms with Crippen LogP contribution >= 0.6 is 12.2 Å². The lowest BCUT2D eigenvalue weighted by molar-refractivity contribution is -0.141. The van der Waals surface area contributed by atoms with Gasteiger partial charge in [-0.1, -0.05) is 30.3 Å². The number of alkyl halides is 3. The second-order valence-electron chi connectivity index (χ2n) is 7.91. The predicted octanol–water partition coefficient (Wildman–Crippen LogP) is 5.62. The average Bonchev–Trinajstić information content (AvgIpc) is 3.27. The lowest BCUT2D eigenvalue weighted by Gasteiger charge is -2.34. The molecule has 0 unspecified atom stereocenters. The largest absolute Gasteiger partial charge is 0.459 e. The zero-order valence-electron chi connectivity index (χ0n) is 18.0. The first-order valence-corrected chi connectivity index (χ1v) is 11.1. The molecule has 1 saturated heterocycles. The van der Waals surface area contributed by atoms with Crippen LogP contribution in [0.25, 0.3) is 11.3 Å². The first kappa shape index (κ1) is 23.0. The van der Waals surface area contributed by atoms with Crippen LogP contribution < -0.4 is 15.5 Å².